The number of nitrogens with zero attached hydrogens (tertiary/aromatic N) is 2. The van der Waals surface area contributed by atoms with Crippen LogP contribution in [0.25, 0.3) is 0 Å². The van der Waals surface area contributed by atoms with Gasteiger partial charge in [-0.3, -0.25) is 10.00 Å². The number of esters is 1. The van der Waals surface area contributed by atoms with Gasteiger partial charge in [-0.15, -0.1) is 0 Å². The van der Waals surface area contributed by atoms with Crippen molar-refractivity contribution < 1.29 is 19.0 Å². The molecule has 1 saturated heterocycles. The molecular formula is C20H26N4O4. The van der Waals surface area contributed by atoms with E-state index in [1.54, 1.807) is 13.1 Å². The van der Waals surface area contributed by atoms with Crippen LogP contribution in [0.15, 0.2) is 24.4 Å². The lowest BCUT2D eigenvalue weighted by Crippen LogP contribution is -2.41. The summed E-state index contributed by atoms with van der Waals surface area (Å²) >= 11 is 0. The van der Waals surface area contributed by atoms with Crippen LogP contribution in [0.4, 0.5) is 5.69 Å². The number of aromatic nitrogens is 2. The Morgan fingerprint density at radius 2 is 2.21 bits per heavy atom. The number of likely N-dealkylation sites (tertiary alicyclic amines) is 1. The molecule has 2 N–H and O–H groups in total. The summed E-state index contributed by atoms with van der Waals surface area (Å²) in [7, 11) is 0. The lowest BCUT2D eigenvalue weighted by molar-refractivity contribution is 0.0516. The molecule has 4 rings (SSSR count). The highest BCUT2D eigenvalue weighted by Crippen LogP contribution is 2.33. The summed E-state index contributed by atoms with van der Waals surface area (Å²) in [6.07, 6.45) is 3.90. The van der Waals surface area contributed by atoms with Crippen molar-refractivity contribution in [1.29, 1.82) is 0 Å². The molecule has 1 aromatic carbocycles. The highest BCUT2D eigenvalue weighted by molar-refractivity contribution is 5.88. The van der Waals surface area contributed by atoms with Crippen molar-refractivity contribution >= 4 is 11.7 Å². The van der Waals surface area contributed by atoms with Crippen LogP contribution in [0.3, 0.4) is 0 Å². The van der Waals surface area contributed by atoms with Crippen molar-refractivity contribution in [2.75, 3.05) is 38.2 Å². The molecule has 0 spiro atoms. The van der Waals surface area contributed by atoms with Gasteiger partial charge in [0.1, 0.15) is 18.9 Å². The van der Waals surface area contributed by atoms with Gasteiger partial charge in [0.15, 0.2) is 11.5 Å². The third-order valence-electron chi connectivity index (χ3n) is 5.01. The molecule has 0 saturated carbocycles. The van der Waals surface area contributed by atoms with Crippen molar-refractivity contribution in [2.24, 2.45) is 0 Å². The largest absolute Gasteiger partial charge is 0.486 e. The molecule has 1 fully saturated rings. The molecule has 1 aromatic heterocycles. The maximum atomic E-state index is 12.0. The van der Waals surface area contributed by atoms with E-state index >= 15 is 0 Å². The summed E-state index contributed by atoms with van der Waals surface area (Å²) in [6, 6.07) is 6.31. The molecular weight excluding hydrogens is 360 g/mol. The zero-order valence-corrected chi connectivity index (χ0v) is 16.1. The molecule has 150 valence electrons. The average molecular weight is 386 g/mol. The fourth-order valence-corrected chi connectivity index (χ4v) is 3.74. The molecule has 3 heterocycles. The van der Waals surface area contributed by atoms with Crippen LogP contribution in [0, 0.1) is 0 Å². The van der Waals surface area contributed by atoms with Crippen molar-refractivity contribution in [1.82, 2.24) is 15.1 Å². The predicted molar refractivity (Wildman–Crippen MR) is 104 cm³/mol. The van der Waals surface area contributed by atoms with Gasteiger partial charge in [-0.25, -0.2) is 4.79 Å². The van der Waals surface area contributed by atoms with E-state index in [0.29, 0.717) is 38.1 Å². The Bertz CT molecular complexity index is 822. The average Bonchev–Trinajstić information content (AvgIpc) is 3.16. The predicted octanol–water partition coefficient (Wildman–Crippen LogP) is 2.43. The van der Waals surface area contributed by atoms with Crippen molar-refractivity contribution in [3.8, 4) is 11.5 Å². The maximum absolute atomic E-state index is 12.0. The molecule has 8 heteroatoms. The van der Waals surface area contributed by atoms with Crippen LogP contribution in [-0.2, 0) is 11.3 Å². The van der Waals surface area contributed by atoms with E-state index in [4.69, 9.17) is 14.2 Å². The fourth-order valence-electron chi connectivity index (χ4n) is 3.74. The van der Waals surface area contributed by atoms with Crippen molar-refractivity contribution in [3.63, 3.8) is 0 Å². The Morgan fingerprint density at radius 3 is 3.07 bits per heavy atom. The highest BCUT2D eigenvalue weighted by atomic mass is 16.6. The van der Waals surface area contributed by atoms with E-state index in [1.165, 1.54) is 0 Å². The Hall–Kier alpha value is -2.74. The standard InChI is InChI=1S/C20H26N4O4/c1-2-26-20(25)19-14(11-21-23-19)12-24-7-3-4-16(13-24)22-15-5-6-17-18(10-15)28-9-8-27-17/h5-6,10-11,16,22H,2-4,7-9,12-13H2,1H3,(H,21,23)/t16-/m1/s1. The molecule has 0 aliphatic carbocycles. The second-order valence-corrected chi connectivity index (χ2v) is 7.07. The van der Waals surface area contributed by atoms with Crippen LogP contribution in [-0.4, -0.2) is 60.0 Å². The quantitative estimate of drug-likeness (QED) is 0.737. The second kappa shape index (κ2) is 8.52. The Labute approximate surface area is 164 Å². The zero-order valence-electron chi connectivity index (χ0n) is 16.1. The van der Waals surface area contributed by atoms with Crippen molar-refractivity contribution in [3.05, 3.63) is 35.7 Å². The molecule has 8 nitrogen and oxygen atoms in total. The summed E-state index contributed by atoms with van der Waals surface area (Å²) in [5.74, 6) is 1.24. The summed E-state index contributed by atoms with van der Waals surface area (Å²) < 4.78 is 16.4. The zero-order chi connectivity index (χ0) is 19.3. The van der Waals surface area contributed by atoms with Gasteiger partial charge in [0, 0.05) is 36.4 Å². The van der Waals surface area contributed by atoms with Crippen LogP contribution in [0.2, 0.25) is 0 Å². The number of rotatable bonds is 6. The number of hydrogen-bond donors (Lipinski definition) is 2. The SMILES string of the molecule is CCOC(=O)c1[nH]ncc1CN1CCC[C@@H](Nc2ccc3c(c2)OCCO3)C1. The molecule has 0 amide bonds. The summed E-state index contributed by atoms with van der Waals surface area (Å²) in [5, 5.41) is 10.4. The first-order valence-electron chi connectivity index (χ1n) is 9.81. The van der Waals surface area contributed by atoms with Gasteiger partial charge in [0.2, 0.25) is 0 Å². The normalized spacial score (nSPS) is 19.2. The number of benzene rings is 1. The Morgan fingerprint density at radius 1 is 1.36 bits per heavy atom. The van der Waals surface area contributed by atoms with Gasteiger partial charge >= 0.3 is 5.97 Å². The molecule has 0 radical (unpaired) electrons. The number of carbonyl (C=O) groups is 1. The third-order valence-corrected chi connectivity index (χ3v) is 5.01. The van der Waals surface area contributed by atoms with E-state index in [2.05, 4.69) is 20.4 Å². The first-order valence-corrected chi connectivity index (χ1v) is 9.81. The lowest BCUT2D eigenvalue weighted by atomic mass is 10.0. The van der Waals surface area contributed by atoms with Gasteiger partial charge in [-0.2, -0.15) is 5.10 Å². The van der Waals surface area contributed by atoms with E-state index in [9.17, 15) is 4.79 Å². The van der Waals surface area contributed by atoms with Crippen LogP contribution in [0.5, 0.6) is 11.5 Å². The number of carbonyl (C=O) groups excluding carboxylic acids is 1. The topological polar surface area (TPSA) is 88.7 Å². The Balaban J connectivity index is 1.37. The number of aromatic amines is 1. The van der Waals surface area contributed by atoms with E-state index in [1.807, 2.05) is 18.2 Å². The minimum Gasteiger partial charge on any atom is -0.486 e. The van der Waals surface area contributed by atoms with Crippen LogP contribution in [0.1, 0.15) is 35.8 Å². The number of nitrogens with one attached hydrogen (secondary N) is 2. The number of ether oxygens (including phenoxy) is 3. The summed E-state index contributed by atoms with van der Waals surface area (Å²) in [5.41, 5.74) is 2.36. The molecule has 2 aliphatic rings. The molecule has 2 aliphatic heterocycles. The Kier molecular flexibility index (Phi) is 5.66. The second-order valence-electron chi connectivity index (χ2n) is 7.07. The number of piperidine rings is 1. The van der Waals surface area contributed by atoms with Crippen LogP contribution < -0.4 is 14.8 Å². The molecule has 0 unspecified atom stereocenters. The third kappa shape index (κ3) is 4.22. The minimum atomic E-state index is -0.349. The van der Waals surface area contributed by atoms with E-state index in [0.717, 1.165) is 48.7 Å². The molecule has 0 bridgehead atoms. The number of fused-ring (bicyclic) bond motifs is 1. The summed E-state index contributed by atoms with van der Waals surface area (Å²) in [4.78, 5) is 14.4. The van der Waals surface area contributed by atoms with Crippen LogP contribution >= 0.6 is 0 Å². The number of hydrogen-bond acceptors (Lipinski definition) is 7. The van der Waals surface area contributed by atoms with Gasteiger partial charge < -0.3 is 19.5 Å². The molecule has 28 heavy (non-hydrogen) atoms. The number of anilines is 1. The smallest absolute Gasteiger partial charge is 0.356 e. The number of H-pyrrole nitrogens is 1. The first-order chi connectivity index (χ1) is 13.7. The molecule has 2 aromatic rings. The lowest BCUT2D eigenvalue weighted by Gasteiger charge is -2.33. The molecule has 1 atom stereocenters. The maximum Gasteiger partial charge on any atom is 0.356 e. The van der Waals surface area contributed by atoms with Gasteiger partial charge in [-0.05, 0) is 38.4 Å². The minimum absolute atomic E-state index is 0.328. The highest BCUT2D eigenvalue weighted by Gasteiger charge is 2.23. The van der Waals surface area contributed by atoms with E-state index in [-0.39, 0.29) is 5.97 Å². The van der Waals surface area contributed by atoms with Gasteiger partial charge in [0.05, 0.1) is 12.8 Å². The van der Waals surface area contributed by atoms with E-state index < -0.39 is 0 Å². The van der Waals surface area contributed by atoms with Gasteiger partial charge in [0.25, 0.3) is 0 Å². The van der Waals surface area contributed by atoms with Gasteiger partial charge in [-0.1, -0.05) is 0 Å². The fraction of sp³-hybridized carbons (Fsp3) is 0.500. The van der Waals surface area contributed by atoms with Crippen molar-refractivity contribution in [2.45, 2.75) is 32.4 Å². The summed E-state index contributed by atoms with van der Waals surface area (Å²) in [6.45, 7) is 5.88. The first kappa shape index (κ1) is 18.6. The monoisotopic (exact) mass is 386 g/mol.